The summed E-state index contributed by atoms with van der Waals surface area (Å²) in [6.07, 6.45) is 0. The van der Waals surface area contributed by atoms with Crippen LogP contribution in [0, 0.1) is 11.6 Å². The predicted molar refractivity (Wildman–Crippen MR) is 117 cm³/mol. The van der Waals surface area contributed by atoms with Crippen molar-refractivity contribution in [2.24, 2.45) is 0 Å². The van der Waals surface area contributed by atoms with E-state index in [0.717, 1.165) is 34.6 Å². The third-order valence-electron chi connectivity index (χ3n) is 5.10. The van der Waals surface area contributed by atoms with Crippen LogP contribution < -0.4 is 5.32 Å². The number of carbonyl (C=O) groups excluding carboxylic acids is 2. The minimum atomic E-state index is -0.808. The highest BCUT2D eigenvalue weighted by Crippen LogP contribution is 2.34. The summed E-state index contributed by atoms with van der Waals surface area (Å²) in [6.45, 7) is 4.04. The van der Waals surface area contributed by atoms with Gasteiger partial charge in [0, 0.05) is 37.3 Å². The fourth-order valence-corrected chi connectivity index (χ4v) is 3.90. The zero-order chi connectivity index (χ0) is 22.4. The summed E-state index contributed by atoms with van der Waals surface area (Å²) in [5, 5.41) is 3.33. The first kappa shape index (κ1) is 20.6. The molecule has 4 rings (SSSR count). The molecular formula is C23H22F2N4O2. The number of fused-ring (bicyclic) bond motifs is 3. The number of nitrogens with one attached hydrogen (secondary N) is 1. The molecule has 4 aromatic rings. The van der Waals surface area contributed by atoms with Crippen molar-refractivity contribution < 1.29 is 18.4 Å². The van der Waals surface area contributed by atoms with Crippen molar-refractivity contribution in [2.75, 3.05) is 19.4 Å². The number of amides is 2. The van der Waals surface area contributed by atoms with Crippen LogP contribution in [-0.2, 0) is 0 Å². The molecule has 0 saturated carbocycles. The molecule has 160 valence electrons. The van der Waals surface area contributed by atoms with Crippen molar-refractivity contribution >= 4 is 39.6 Å². The molecule has 0 unspecified atom stereocenters. The maximum Gasteiger partial charge on any atom is 0.328 e. The summed E-state index contributed by atoms with van der Waals surface area (Å²) in [6, 6.07) is 11.7. The largest absolute Gasteiger partial charge is 0.337 e. The Morgan fingerprint density at radius 1 is 0.968 bits per heavy atom. The molecule has 0 radical (unpaired) electrons. The van der Waals surface area contributed by atoms with Crippen molar-refractivity contribution in [3.05, 3.63) is 65.9 Å². The molecule has 0 aliphatic heterocycles. The van der Waals surface area contributed by atoms with Crippen LogP contribution in [0.1, 0.15) is 30.4 Å². The normalized spacial score (nSPS) is 11.5. The Hall–Kier alpha value is -3.68. The van der Waals surface area contributed by atoms with Gasteiger partial charge in [-0.2, -0.15) is 0 Å². The van der Waals surface area contributed by atoms with E-state index >= 15 is 0 Å². The fourth-order valence-electron chi connectivity index (χ4n) is 3.90. The van der Waals surface area contributed by atoms with Crippen LogP contribution >= 0.6 is 0 Å². The number of rotatable bonds is 3. The molecule has 1 N–H and O–H groups in total. The number of hydrogen-bond acceptors (Lipinski definition) is 2. The third kappa shape index (κ3) is 3.43. The molecule has 2 amide bonds. The summed E-state index contributed by atoms with van der Waals surface area (Å²) in [7, 11) is 3.19. The molecule has 0 saturated heterocycles. The number of benzene rings is 2. The second-order valence-electron chi connectivity index (χ2n) is 7.87. The van der Waals surface area contributed by atoms with Gasteiger partial charge >= 0.3 is 6.03 Å². The third-order valence-corrected chi connectivity index (χ3v) is 5.10. The number of nitrogens with zero attached hydrogens (tertiary/aromatic N) is 3. The Kier molecular flexibility index (Phi) is 5.00. The molecule has 2 aromatic carbocycles. The molecule has 31 heavy (non-hydrogen) atoms. The number of halogens is 2. The Balaban J connectivity index is 1.96. The number of anilines is 1. The van der Waals surface area contributed by atoms with Crippen LogP contribution in [0.25, 0.3) is 21.9 Å². The maximum atomic E-state index is 13.6. The van der Waals surface area contributed by atoms with Gasteiger partial charge in [0.1, 0.15) is 17.3 Å². The zero-order valence-electron chi connectivity index (χ0n) is 17.6. The van der Waals surface area contributed by atoms with E-state index in [0.29, 0.717) is 5.52 Å². The van der Waals surface area contributed by atoms with E-state index in [2.05, 4.69) is 9.88 Å². The smallest absolute Gasteiger partial charge is 0.328 e. The van der Waals surface area contributed by atoms with Gasteiger partial charge in [-0.15, -0.1) is 0 Å². The average molecular weight is 424 g/mol. The highest BCUT2D eigenvalue weighted by molar-refractivity contribution is 6.16. The van der Waals surface area contributed by atoms with Gasteiger partial charge in [0.15, 0.2) is 0 Å². The molecule has 2 aromatic heterocycles. The quantitative estimate of drug-likeness (QED) is 0.489. The Morgan fingerprint density at radius 3 is 2.23 bits per heavy atom. The minimum Gasteiger partial charge on any atom is -0.337 e. The lowest BCUT2D eigenvalue weighted by Gasteiger charge is -2.15. The number of para-hydroxylation sites is 1. The van der Waals surface area contributed by atoms with Crippen molar-refractivity contribution in [3.63, 3.8) is 0 Å². The van der Waals surface area contributed by atoms with Gasteiger partial charge in [0.25, 0.3) is 5.91 Å². The monoisotopic (exact) mass is 424 g/mol. The van der Waals surface area contributed by atoms with Crippen LogP contribution in [0.4, 0.5) is 19.3 Å². The standard InChI is InChI=1S/C23H22F2N4O2/c1-13(2)28-18-8-6-5-7-17(18)21-19(28)12-20(29(21)23(31)27(3)4)22(30)26-16-10-14(24)9-15(25)11-16/h5-13H,1-4H3,(H,26,30). The van der Waals surface area contributed by atoms with Crippen LogP contribution in [0.2, 0.25) is 0 Å². The van der Waals surface area contributed by atoms with E-state index in [1.807, 2.05) is 38.1 Å². The molecule has 0 bridgehead atoms. The van der Waals surface area contributed by atoms with Crippen LogP contribution in [0.3, 0.4) is 0 Å². The van der Waals surface area contributed by atoms with Gasteiger partial charge < -0.3 is 14.8 Å². The van der Waals surface area contributed by atoms with E-state index in [-0.39, 0.29) is 17.4 Å². The predicted octanol–water partition coefficient (Wildman–Crippen LogP) is 5.24. The van der Waals surface area contributed by atoms with E-state index in [1.165, 1.54) is 9.47 Å². The number of carbonyl (C=O) groups is 2. The number of aromatic nitrogens is 2. The SMILES string of the molecule is CC(C)n1c2ccccc2c2c1cc(C(=O)Nc1cc(F)cc(F)c1)n2C(=O)N(C)C. The van der Waals surface area contributed by atoms with Crippen molar-refractivity contribution in [3.8, 4) is 0 Å². The second kappa shape index (κ2) is 7.54. The zero-order valence-corrected chi connectivity index (χ0v) is 17.6. The van der Waals surface area contributed by atoms with Gasteiger partial charge in [-0.05, 0) is 38.1 Å². The summed E-state index contributed by atoms with van der Waals surface area (Å²) in [4.78, 5) is 27.6. The lowest BCUT2D eigenvalue weighted by molar-refractivity contribution is 0.101. The maximum absolute atomic E-state index is 13.6. The van der Waals surface area contributed by atoms with Crippen molar-refractivity contribution in [1.29, 1.82) is 0 Å². The summed E-state index contributed by atoms with van der Waals surface area (Å²) in [5.74, 6) is -2.26. The average Bonchev–Trinajstić information content (AvgIpc) is 3.21. The summed E-state index contributed by atoms with van der Waals surface area (Å²) in [5.41, 5.74) is 2.32. The van der Waals surface area contributed by atoms with Crippen LogP contribution in [-0.4, -0.2) is 40.1 Å². The van der Waals surface area contributed by atoms with Gasteiger partial charge in [0.2, 0.25) is 0 Å². The lowest BCUT2D eigenvalue weighted by Crippen LogP contribution is -2.30. The molecule has 6 nitrogen and oxygen atoms in total. The van der Waals surface area contributed by atoms with Crippen molar-refractivity contribution in [2.45, 2.75) is 19.9 Å². The topological polar surface area (TPSA) is 59.3 Å². The molecule has 0 aliphatic rings. The molecule has 0 fully saturated rings. The summed E-state index contributed by atoms with van der Waals surface area (Å²) >= 11 is 0. The minimum absolute atomic E-state index is 0.0335. The molecule has 0 spiro atoms. The van der Waals surface area contributed by atoms with Crippen LogP contribution in [0.5, 0.6) is 0 Å². The van der Waals surface area contributed by atoms with E-state index in [9.17, 15) is 18.4 Å². The summed E-state index contributed by atoms with van der Waals surface area (Å²) < 4.78 is 30.5. The first-order chi connectivity index (χ1) is 14.7. The van der Waals surface area contributed by atoms with E-state index in [4.69, 9.17) is 0 Å². The highest BCUT2D eigenvalue weighted by Gasteiger charge is 2.27. The molecule has 2 heterocycles. The van der Waals surface area contributed by atoms with Crippen molar-refractivity contribution in [1.82, 2.24) is 14.0 Å². The molecule has 0 atom stereocenters. The fraction of sp³-hybridized carbons (Fsp3) is 0.217. The van der Waals surface area contributed by atoms with Gasteiger partial charge in [0.05, 0.1) is 16.6 Å². The van der Waals surface area contributed by atoms with E-state index in [1.54, 1.807) is 20.2 Å². The highest BCUT2D eigenvalue weighted by atomic mass is 19.1. The number of hydrogen-bond donors (Lipinski definition) is 1. The van der Waals surface area contributed by atoms with Gasteiger partial charge in [-0.25, -0.2) is 13.6 Å². The van der Waals surface area contributed by atoms with Gasteiger partial charge in [-0.1, -0.05) is 18.2 Å². The first-order valence-corrected chi connectivity index (χ1v) is 9.82. The van der Waals surface area contributed by atoms with Crippen LogP contribution in [0.15, 0.2) is 48.5 Å². The first-order valence-electron chi connectivity index (χ1n) is 9.82. The second-order valence-corrected chi connectivity index (χ2v) is 7.87. The van der Waals surface area contributed by atoms with Gasteiger partial charge in [-0.3, -0.25) is 9.36 Å². The Labute approximate surface area is 177 Å². The molecular weight excluding hydrogens is 402 g/mol. The van der Waals surface area contributed by atoms with E-state index < -0.39 is 23.6 Å². The Morgan fingerprint density at radius 2 is 1.61 bits per heavy atom. The molecule has 0 aliphatic carbocycles. The Bertz CT molecular complexity index is 1310. The lowest BCUT2D eigenvalue weighted by atomic mass is 10.2. The molecule has 8 heteroatoms.